The van der Waals surface area contributed by atoms with E-state index >= 15 is 0 Å². The molecule has 1 saturated heterocycles. The van der Waals surface area contributed by atoms with Gasteiger partial charge in [-0.3, -0.25) is 14.1 Å². The molecule has 6 atom stereocenters. The maximum Gasteiger partial charge on any atom is 0.306 e. The first-order valence-electron chi connectivity index (χ1n) is 22.9. The van der Waals surface area contributed by atoms with E-state index in [1.807, 2.05) is 0 Å². The summed E-state index contributed by atoms with van der Waals surface area (Å²) in [5, 5.41) is 30.9. The van der Waals surface area contributed by atoms with Crippen LogP contribution in [-0.2, 0) is 38.7 Å². The fourth-order valence-corrected chi connectivity index (χ4v) is 7.59. The minimum Gasteiger partial charge on any atom is -0.462 e. The van der Waals surface area contributed by atoms with E-state index in [1.54, 1.807) is 0 Å². The molecule has 1 heterocycles. The molecule has 0 saturated carbocycles. The zero-order valence-corrected chi connectivity index (χ0v) is 37.0. The van der Waals surface area contributed by atoms with E-state index in [4.69, 9.17) is 18.9 Å². The third-order valence-corrected chi connectivity index (χ3v) is 11.3. The highest BCUT2D eigenvalue weighted by atomic mass is 32.2. The summed E-state index contributed by atoms with van der Waals surface area (Å²) in [4.78, 5) is 25.4. The third-order valence-electron chi connectivity index (χ3n) is 10.5. The predicted molar refractivity (Wildman–Crippen MR) is 229 cm³/mol. The van der Waals surface area contributed by atoms with E-state index in [-0.39, 0.29) is 19.4 Å². The molecule has 0 aromatic carbocycles. The number of carbonyl (C=O) groups is 2. The second-order valence-corrected chi connectivity index (χ2v) is 17.6. The van der Waals surface area contributed by atoms with E-state index in [1.165, 1.54) is 89.9 Å². The molecule has 0 aromatic heterocycles. The Balaban J connectivity index is 2.46. The molecule has 13 heteroatoms. The van der Waals surface area contributed by atoms with E-state index in [9.17, 15) is 37.9 Å². The van der Waals surface area contributed by atoms with Crippen molar-refractivity contribution in [2.24, 2.45) is 0 Å². The largest absolute Gasteiger partial charge is 0.462 e. The molecular weight excluding hydrogens is 765 g/mol. The van der Waals surface area contributed by atoms with Crippen LogP contribution in [0.3, 0.4) is 0 Å². The minimum absolute atomic E-state index is 0.144. The van der Waals surface area contributed by atoms with Crippen LogP contribution in [0.5, 0.6) is 0 Å². The standard InChI is InChI=1S/C45H82O12S/c1-3-5-7-9-11-13-15-17-19-21-23-25-27-29-31-33-40(46)54-35-38(36-55-45-44(50)43(49)42(48)39(57-45)37-58(51,52)53)56-41(47)34-32-30-28-26-24-22-20-18-16-14-12-10-8-6-4-2/h17,19,22,24,38-39,42-45,48-50H,3-16,18,20-21,23,25-37H2,1-2H3,(H,51,52,53)/b19-17+,24-22+/t38-,39-,42-,43?,44?,45+/m1/s1. The summed E-state index contributed by atoms with van der Waals surface area (Å²) in [7, 11) is -4.60. The van der Waals surface area contributed by atoms with Crippen molar-refractivity contribution in [2.45, 2.75) is 230 Å². The van der Waals surface area contributed by atoms with Crippen LogP contribution >= 0.6 is 0 Å². The average Bonchev–Trinajstić information content (AvgIpc) is 3.18. The van der Waals surface area contributed by atoms with Crippen LogP contribution in [0, 0.1) is 0 Å². The van der Waals surface area contributed by atoms with E-state index in [0.29, 0.717) is 12.8 Å². The van der Waals surface area contributed by atoms with Gasteiger partial charge in [-0.1, -0.05) is 141 Å². The molecule has 0 radical (unpaired) electrons. The number of hydrogen-bond acceptors (Lipinski definition) is 11. The molecule has 12 nitrogen and oxygen atoms in total. The number of aliphatic hydroxyl groups excluding tert-OH is 3. The van der Waals surface area contributed by atoms with Gasteiger partial charge in [0.2, 0.25) is 0 Å². The molecule has 1 rings (SSSR count). The van der Waals surface area contributed by atoms with E-state index in [2.05, 4.69) is 38.2 Å². The van der Waals surface area contributed by atoms with Crippen molar-refractivity contribution >= 4 is 22.1 Å². The summed E-state index contributed by atoms with van der Waals surface area (Å²) >= 11 is 0. The Kier molecular flexibility index (Phi) is 33.5. The number of rotatable bonds is 38. The lowest BCUT2D eigenvalue weighted by Crippen LogP contribution is -2.60. The van der Waals surface area contributed by atoms with Gasteiger partial charge in [-0.15, -0.1) is 0 Å². The van der Waals surface area contributed by atoms with Crippen LogP contribution in [0.15, 0.2) is 24.3 Å². The average molecular weight is 847 g/mol. The molecule has 1 aliphatic heterocycles. The molecule has 0 amide bonds. The smallest absolute Gasteiger partial charge is 0.306 e. The molecule has 4 N–H and O–H groups in total. The lowest BCUT2D eigenvalue weighted by Gasteiger charge is -2.40. The normalized spacial score (nSPS) is 20.6. The highest BCUT2D eigenvalue weighted by Crippen LogP contribution is 2.24. The van der Waals surface area contributed by atoms with Crippen LogP contribution in [0.4, 0.5) is 0 Å². The zero-order chi connectivity index (χ0) is 42.7. The first kappa shape index (κ1) is 54.1. The van der Waals surface area contributed by atoms with Crippen LogP contribution in [0.25, 0.3) is 0 Å². The van der Waals surface area contributed by atoms with E-state index in [0.717, 1.165) is 64.2 Å². The van der Waals surface area contributed by atoms with Crippen LogP contribution < -0.4 is 0 Å². The maximum absolute atomic E-state index is 12.8. The molecule has 0 bridgehead atoms. The van der Waals surface area contributed by atoms with Crippen molar-refractivity contribution in [3.05, 3.63) is 24.3 Å². The summed E-state index contributed by atoms with van der Waals surface area (Å²) < 4.78 is 54.0. The van der Waals surface area contributed by atoms with Gasteiger partial charge in [0.1, 0.15) is 36.8 Å². The Labute approximate surface area is 351 Å². The summed E-state index contributed by atoms with van der Waals surface area (Å²) in [5.74, 6) is -2.01. The molecule has 1 fully saturated rings. The van der Waals surface area contributed by atoms with Crippen LogP contribution in [-0.4, -0.2) is 96.0 Å². The Hall–Kier alpha value is -1.87. The maximum atomic E-state index is 12.8. The number of esters is 2. The van der Waals surface area contributed by atoms with Gasteiger partial charge in [-0.2, -0.15) is 8.42 Å². The first-order valence-corrected chi connectivity index (χ1v) is 24.5. The van der Waals surface area contributed by atoms with Crippen molar-refractivity contribution in [2.75, 3.05) is 19.0 Å². The fraction of sp³-hybridized carbons (Fsp3) is 0.867. The molecule has 0 aliphatic carbocycles. The van der Waals surface area contributed by atoms with Gasteiger partial charge in [0.25, 0.3) is 10.1 Å². The molecule has 0 spiro atoms. The Morgan fingerprint density at radius 3 is 1.45 bits per heavy atom. The number of hydrogen-bond donors (Lipinski definition) is 4. The number of aliphatic hydroxyl groups is 3. The Morgan fingerprint density at radius 1 is 0.569 bits per heavy atom. The number of allylic oxidation sites excluding steroid dienone is 4. The fourth-order valence-electron chi connectivity index (χ4n) is 6.90. The second-order valence-electron chi connectivity index (χ2n) is 16.1. The summed E-state index contributed by atoms with van der Waals surface area (Å²) in [6.07, 6.45) is 29.4. The van der Waals surface area contributed by atoms with Crippen molar-refractivity contribution in [3.63, 3.8) is 0 Å². The van der Waals surface area contributed by atoms with Crippen molar-refractivity contribution in [1.82, 2.24) is 0 Å². The summed E-state index contributed by atoms with van der Waals surface area (Å²) in [5.41, 5.74) is 0. The third kappa shape index (κ3) is 30.2. The van der Waals surface area contributed by atoms with Crippen molar-refractivity contribution < 1.29 is 56.8 Å². The molecule has 340 valence electrons. The van der Waals surface area contributed by atoms with Gasteiger partial charge in [0.15, 0.2) is 12.4 Å². The van der Waals surface area contributed by atoms with Gasteiger partial charge in [-0.25, -0.2) is 0 Å². The molecule has 0 aromatic rings. The Morgan fingerprint density at radius 2 is 0.983 bits per heavy atom. The van der Waals surface area contributed by atoms with Crippen LogP contribution in [0.1, 0.15) is 194 Å². The number of unbranched alkanes of at least 4 members (excludes halogenated alkanes) is 22. The lowest BCUT2D eigenvalue weighted by molar-refractivity contribution is -0.297. The van der Waals surface area contributed by atoms with Gasteiger partial charge in [0.05, 0.1) is 6.61 Å². The molecular formula is C45H82O12S. The van der Waals surface area contributed by atoms with Crippen molar-refractivity contribution in [3.8, 4) is 0 Å². The van der Waals surface area contributed by atoms with Gasteiger partial charge >= 0.3 is 11.9 Å². The quantitative estimate of drug-likeness (QED) is 0.0200. The highest BCUT2D eigenvalue weighted by molar-refractivity contribution is 7.85. The van der Waals surface area contributed by atoms with Gasteiger partial charge in [0, 0.05) is 12.8 Å². The van der Waals surface area contributed by atoms with Crippen LogP contribution in [0.2, 0.25) is 0 Å². The number of carbonyl (C=O) groups excluding carboxylic acids is 2. The minimum atomic E-state index is -4.60. The second kappa shape index (κ2) is 35.8. The lowest BCUT2D eigenvalue weighted by atomic mass is 10.00. The molecule has 2 unspecified atom stereocenters. The first-order chi connectivity index (χ1) is 28.0. The highest BCUT2D eigenvalue weighted by Gasteiger charge is 2.46. The SMILES string of the molecule is CCCCCCCC/C=C/CCCCCCCC(=O)OC[C@H](CO[C@H]1O[C@H](CS(=O)(=O)O)[C@@H](O)C(O)C1O)OC(=O)CCCCC/C=C/CCCCCCCCCC. The molecule has 58 heavy (non-hydrogen) atoms. The van der Waals surface area contributed by atoms with Gasteiger partial charge < -0.3 is 34.3 Å². The zero-order valence-electron chi connectivity index (χ0n) is 36.2. The van der Waals surface area contributed by atoms with E-state index < -0.39 is 71.2 Å². The van der Waals surface area contributed by atoms with Gasteiger partial charge in [-0.05, 0) is 64.2 Å². The topological polar surface area (TPSA) is 186 Å². The summed E-state index contributed by atoms with van der Waals surface area (Å²) in [6, 6.07) is 0. The van der Waals surface area contributed by atoms with Crippen molar-refractivity contribution in [1.29, 1.82) is 0 Å². The number of ether oxygens (including phenoxy) is 4. The Bertz CT molecular complexity index is 1180. The predicted octanol–water partition coefficient (Wildman–Crippen LogP) is 9.23. The summed E-state index contributed by atoms with van der Waals surface area (Å²) in [6.45, 7) is 3.74. The molecule has 1 aliphatic rings. The monoisotopic (exact) mass is 847 g/mol.